The minimum absolute atomic E-state index is 0.167. The Morgan fingerprint density at radius 3 is 2.62 bits per heavy atom. The highest BCUT2D eigenvalue weighted by Gasteiger charge is 2.27. The molecule has 7 heteroatoms. The summed E-state index contributed by atoms with van der Waals surface area (Å²) in [5, 5.41) is 15.6. The van der Waals surface area contributed by atoms with Crippen molar-refractivity contribution < 1.29 is 19.5 Å². The Bertz CT molecular complexity index is 575. The first kappa shape index (κ1) is 16.9. The zero-order chi connectivity index (χ0) is 16.0. The summed E-state index contributed by atoms with van der Waals surface area (Å²) in [6.45, 7) is 3.64. The number of hydrogen-bond donors (Lipinski definition) is 3. The monoisotopic (exact) mass is 310 g/mol. The van der Waals surface area contributed by atoms with Crippen LogP contribution < -0.4 is 10.6 Å². The lowest BCUT2D eigenvalue weighted by Gasteiger charge is -2.22. The van der Waals surface area contributed by atoms with Crippen LogP contribution in [-0.2, 0) is 9.59 Å². The van der Waals surface area contributed by atoms with Crippen molar-refractivity contribution >= 4 is 35.2 Å². The molecular weight excluding hydrogens is 292 g/mol. The number of hydrogen-bond acceptors (Lipinski definition) is 4. The number of nitrogens with one attached hydrogen (secondary N) is 2. The maximum atomic E-state index is 12.1. The smallest absolute Gasteiger partial charge is 0.328 e. The van der Waals surface area contributed by atoms with E-state index in [1.165, 1.54) is 17.4 Å². The highest BCUT2D eigenvalue weighted by Crippen LogP contribution is 2.19. The van der Waals surface area contributed by atoms with Crippen molar-refractivity contribution in [1.82, 2.24) is 10.6 Å². The summed E-state index contributed by atoms with van der Waals surface area (Å²) in [7, 11) is 1.54. The van der Waals surface area contributed by atoms with Gasteiger partial charge in [0, 0.05) is 19.7 Å². The summed E-state index contributed by atoms with van der Waals surface area (Å²) in [6.07, 6.45) is 2.35. The fourth-order valence-electron chi connectivity index (χ4n) is 1.60. The van der Waals surface area contributed by atoms with E-state index in [1.807, 2.05) is 0 Å². The van der Waals surface area contributed by atoms with Crippen molar-refractivity contribution in [1.29, 1.82) is 0 Å². The van der Waals surface area contributed by atoms with Gasteiger partial charge < -0.3 is 15.7 Å². The van der Waals surface area contributed by atoms with Gasteiger partial charge in [0.1, 0.15) is 0 Å². The molecule has 0 aliphatic carbocycles. The molecule has 1 aromatic rings. The third kappa shape index (κ3) is 4.71. The maximum Gasteiger partial charge on any atom is 0.328 e. The third-order valence-corrected chi connectivity index (χ3v) is 3.77. The number of amides is 2. The highest BCUT2D eigenvalue weighted by molar-refractivity contribution is 7.12. The van der Waals surface area contributed by atoms with Gasteiger partial charge in [0.15, 0.2) is 0 Å². The second kappa shape index (κ2) is 7.03. The van der Waals surface area contributed by atoms with Gasteiger partial charge in [0.25, 0.3) is 5.91 Å². The van der Waals surface area contributed by atoms with Gasteiger partial charge in [0.05, 0.1) is 10.3 Å². The summed E-state index contributed by atoms with van der Waals surface area (Å²) in [4.78, 5) is 34.7. The molecule has 0 bridgehead atoms. The lowest BCUT2D eigenvalue weighted by molar-refractivity contribution is -0.131. The van der Waals surface area contributed by atoms with Crippen LogP contribution in [-0.4, -0.2) is 36.5 Å². The van der Waals surface area contributed by atoms with Crippen LogP contribution >= 0.6 is 11.3 Å². The van der Waals surface area contributed by atoms with Crippen LogP contribution in [0, 0.1) is 5.41 Å². The molecule has 0 radical (unpaired) electrons. The van der Waals surface area contributed by atoms with E-state index in [2.05, 4.69) is 10.6 Å². The maximum absolute atomic E-state index is 12.1. The summed E-state index contributed by atoms with van der Waals surface area (Å²) in [6, 6.07) is 1.67. The number of thiophene rings is 1. The Hall–Kier alpha value is -2.15. The van der Waals surface area contributed by atoms with E-state index in [-0.39, 0.29) is 18.4 Å². The number of carboxylic acid groups (broad SMARTS) is 1. The van der Waals surface area contributed by atoms with E-state index in [9.17, 15) is 14.4 Å². The predicted molar refractivity (Wildman–Crippen MR) is 81.2 cm³/mol. The average molecular weight is 310 g/mol. The highest BCUT2D eigenvalue weighted by atomic mass is 32.1. The lowest BCUT2D eigenvalue weighted by atomic mass is 9.92. The number of carbonyl (C=O) groups excluding carboxylic acids is 2. The Kier molecular flexibility index (Phi) is 5.66. The van der Waals surface area contributed by atoms with Crippen LogP contribution in [0.2, 0.25) is 0 Å². The van der Waals surface area contributed by atoms with E-state index in [0.717, 1.165) is 6.08 Å². The third-order valence-electron chi connectivity index (χ3n) is 2.84. The number of carbonyl (C=O) groups is 3. The van der Waals surface area contributed by atoms with Crippen molar-refractivity contribution in [3.8, 4) is 0 Å². The van der Waals surface area contributed by atoms with Crippen LogP contribution in [0.4, 0.5) is 0 Å². The molecule has 1 rings (SSSR count). The minimum Gasteiger partial charge on any atom is -0.478 e. The SMILES string of the molecule is CNC(=O)C(C)(C)CNC(=O)c1sccc1/C=C/C(=O)O. The molecule has 114 valence electrons. The average Bonchev–Trinajstić information content (AvgIpc) is 2.90. The van der Waals surface area contributed by atoms with Gasteiger partial charge in [-0.3, -0.25) is 9.59 Å². The summed E-state index contributed by atoms with van der Waals surface area (Å²) >= 11 is 1.22. The van der Waals surface area contributed by atoms with E-state index in [4.69, 9.17) is 5.11 Å². The van der Waals surface area contributed by atoms with Crippen LogP contribution in [0.3, 0.4) is 0 Å². The molecule has 0 saturated heterocycles. The largest absolute Gasteiger partial charge is 0.478 e. The van der Waals surface area contributed by atoms with Crippen LogP contribution in [0.25, 0.3) is 6.08 Å². The summed E-state index contributed by atoms with van der Waals surface area (Å²) < 4.78 is 0. The van der Waals surface area contributed by atoms with Gasteiger partial charge >= 0.3 is 5.97 Å². The normalized spacial score (nSPS) is 11.4. The molecule has 2 amide bonds. The van der Waals surface area contributed by atoms with Gasteiger partial charge in [-0.1, -0.05) is 0 Å². The quantitative estimate of drug-likeness (QED) is 0.691. The second-order valence-electron chi connectivity index (χ2n) is 5.02. The van der Waals surface area contributed by atoms with Crippen LogP contribution in [0.15, 0.2) is 17.5 Å². The summed E-state index contributed by atoms with van der Waals surface area (Å²) in [5.74, 6) is -1.57. The first-order chi connectivity index (χ1) is 9.77. The summed E-state index contributed by atoms with van der Waals surface area (Å²) in [5.41, 5.74) is -0.184. The van der Waals surface area contributed by atoms with Crippen molar-refractivity contribution in [3.05, 3.63) is 28.0 Å². The van der Waals surface area contributed by atoms with E-state index in [1.54, 1.807) is 32.3 Å². The zero-order valence-corrected chi connectivity index (χ0v) is 12.9. The Balaban J connectivity index is 2.75. The lowest BCUT2D eigenvalue weighted by Crippen LogP contribution is -2.43. The van der Waals surface area contributed by atoms with Gasteiger partial charge in [-0.05, 0) is 36.9 Å². The van der Waals surface area contributed by atoms with Gasteiger partial charge in [-0.2, -0.15) is 0 Å². The molecule has 1 heterocycles. The molecule has 1 aromatic heterocycles. The molecule has 21 heavy (non-hydrogen) atoms. The van der Waals surface area contributed by atoms with Gasteiger partial charge in [-0.15, -0.1) is 11.3 Å². The van der Waals surface area contributed by atoms with Gasteiger partial charge in [0.2, 0.25) is 5.91 Å². The molecule has 0 spiro atoms. The van der Waals surface area contributed by atoms with Crippen molar-refractivity contribution in [2.24, 2.45) is 5.41 Å². The zero-order valence-electron chi connectivity index (χ0n) is 12.1. The molecule has 0 saturated carbocycles. The first-order valence-electron chi connectivity index (χ1n) is 6.27. The number of rotatable bonds is 6. The van der Waals surface area contributed by atoms with E-state index < -0.39 is 11.4 Å². The first-order valence-corrected chi connectivity index (χ1v) is 7.15. The fraction of sp³-hybridized carbons (Fsp3) is 0.357. The van der Waals surface area contributed by atoms with E-state index in [0.29, 0.717) is 10.4 Å². The molecule has 0 atom stereocenters. The molecule has 6 nitrogen and oxygen atoms in total. The van der Waals surface area contributed by atoms with Crippen LogP contribution in [0.1, 0.15) is 29.1 Å². The molecule has 0 aliphatic heterocycles. The molecule has 0 aromatic carbocycles. The van der Waals surface area contributed by atoms with Gasteiger partial charge in [-0.25, -0.2) is 4.79 Å². The minimum atomic E-state index is -1.08. The van der Waals surface area contributed by atoms with E-state index >= 15 is 0 Å². The van der Waals surface area contributed by atoms with Crippen LogP contribution in [0.5, 0.6) is 0 Å². The standard InChI is InChI=1S/C14H18N2O4S/c1-14(2,13(20)15-3)8-16-12(19)11-9(6-7-21-11)4-5-10(17)18/h4-7H,8H2,1-3H3,(H,15,20)(H,16,19)(H,17,18)/b5-4+. The molecule has 3 N–H and O–H groups in total. The molecule has 0 unspecified atom stereocenters. The van der Waals surface area contributed by atoms with Crippen molar-refractivity contribution in [2.75, 3.05) is 13.6 Å². The van der Waals surface area contributed by atoms with Crippen molar-refractivity contribution in [3.63, 3.8) is 0 Å². The van der Waals surface area contributed by atoms with Crippen molar-refractivity contribution in [2.45, 2.75) is 13.8 Å². The molecular formula is C14H18N2O4S. The molecule has 0 aliphatic rings. The fourth-order valence-corrected chi connectivity index (χ4v) is 2.40. The molecule has 0 fully saturated rings. The Labute approximate surface area is 126 Å². The second-order valence-corrected chi connectivity index (χ2v) is 5.94. The Morgan fingerprint density at radius 2 is 2.05 bits per heavy atom. The topological polar surface area (TPSA) is 95.5 Å². The Morgan fingerprint density at radius 1 is 1.38 bits per heavy atom. The predicted octanol–water partition coefficient (Wildman–Crippen LogP) is 1.35. The number of aliphatic carboxylic acids is 1. The number of carboxylic acids is 1.